The molecule has 4 heteroatoms. The van der Waals surface area contributed by atoms with Gasteiger partial charge in [0.1, 0.15) is 0 Å². The second kappa shape index (κ2) is 8.22. The lowest BCUT2D eigenvalue weighted by Crippen LogP contribution is -2.50. The average molecular weight is 369 g/mol. The van der Waals surface area contributed by atoms with Crippen LogP contribution in [0.2, 0.25) is 6.82 Å². The minimum Gasteiger partial charge on any atom is -0.426 e. The molecule has 1 unspecified atom stereocenters. The lowest BCUT2D eigenvalue weighted by Gasteiger charge is -2.47. The van der Waals surface area contributed by atoms with Crippen molar-refractivity contribution in [3.63, 3.8) is 0 Å². The topological polar surface area (TPSA) is 42.1 Å². The first-order valence-corrected chi connectivity index (χ1v) is 10.4. The molecule has 0 amide bonds. The molecule has 1 aromatic carbocycles. The Bertz CT molecular complexity index is 791. The normalized spacial score (nSPS) is 13.8. The predicted octanol–water partition coefficient (Wildman–Crippen LogP) is 5.85. The van der Waals surface area contributed by atoms with Crippen molar-refractivity contribution < 1.29 is 9.45 Å². The molecule has 0 bridgehead atoms. The van der Waals surface area contributed by atoms with Gasteiger partial charge in [0.15, 0.2) is 5.78 Å². The van der Waals surface area contributed by atoms with Crippen LogP contribution >= 0.6 is 0 Å². The Morgan fingerprint density at radius 1 is 1.19 bits per heavy atom. The fourth-order valence-corrected chi connectivity index (χ4v) is 3.68. The van der Waals surface area contributed by atoms with E-state index in [9.17, 15) is 4.79 Å². The van der Waals surface area contributed by atoms with Crippen LogP contribution in [0.1, 0.15) is 78.2 Å². The highest BCUT2D eigenvalue weighted by molar-refractivity contribution is 6.66. The minimum atomic E-state index is -0.253. The van der Waals surface area contributed by atoms with Gasteiger partial charge in [0.05, 0.1) is 11.3 Å². The summed E-state index contributed by atoms with van der Waals surface area (Å²) in [5, 5.41) is 1.07. The van der Waals surface area contributed by atoms with Gasteiger partial charge in [-0.2, -0.15) is 0 Å². The van der Waals surface area contributed by atoms with Crippen molar-refractivity contribution >= 4 is 29.1 Å². The number of hydrogen-bond donors (Lipinski definition) is 1. The van der Waals surface area contributed by atoms with Crippen LogP contribution in [0.25, 0.3) is 10.9 Å². The van der Waals surface area contributed by atoms with E-state index in [4.69, 9.17) is 4.65 Å². The molecule has 3 nitrogen and oxygen atoms in total. The molecule has 0 fully saturated rings. The SMILES string of the molecule is CCCC(=O)c1cc2cc(B(C)OC(C)(C)C(C)(C)C(C)CC)ccc2[nH]1. The molecular formula is C23H36BNO2. The summed E-state index contributed by atoms with van der Waals surface area (Å²) in [5.41, 5.74) is 2.66. The molecule has 0 aliphatic heterocycles. The Morgan fingerprint density at radius 2 is 1.85 bits per heavy atom. The van der Waals surface area contributed by atoms with Crippen molar-refractivity contribution in [3.05, 3.63) is 30.0 Å². The summed E-state index contributed by atoms with van der Waals surface area (Å²) in [7, 11) is 0. The minimum absolute atomic E-state index is 0.0163. The van der Waals surface area contributed by atoms with Gasteiger partial charge in [-0.25, -0.2) is 0 Å². The molecule has 27 heavy (non-hydrogen) atoms. The van der Waals surface area contributed by atoms with Gasteiger partial charge in [-0.3, -0.25) is 4.79 Å². The Hall–Kier alpha value is -1.55. The summed E-state index contributed by atoms with van der Waals surface area (Å²) >= 11 is 0. The van der Waals surface area contributed by atoms with Crippen molar-refractivity contribution in [3.8, 4) is 0 Å². The molecule has 1 N–H and O–H groups in total. The maximum Gasteiger partial charge on any atom is 0.324 e. The van der Waals surface area contributed by atoms with Gasteiger partial charge in [0.25, 0.3) is 0 Å². The van der Waals surface area contributed by atoms with Gasteiger partial charge in [0.2, 0.25) is 0 Å². The first kappa shape index (κ1) is 21.8. The molecule has 0 aliphatic carbocycles. The number of ketones is 1. The van der Waals surface area contributed by atoms with Crippen LogP contribution in [0.4, 0.5) is 0 Å². The predicted molar refractivity (Wildman–Crippen MR) is 117 cm³/mol. The number of H-pyrrole nitrogens is 1. The third-order valence-corrected chi connectivity index (χ3v) is 6.76. The largest absolute Gasteiger partial charge is 0.426 e. The molecule has 0 saturated carbocycles. The number of aromatic amines is 1. The van der Waals surface area contributed by atoms with Gasteiger partial charge >= 0.3 is 6.92 Å². The third kappa shape index (κ3) is 4.48. The van der Waals surface area contributed by atoms with Crippen molar-refractivity contribution in [1.82, 2.24) is 4.98 Å². The number of aromatic nitrogens is 1. The molecule has 0 radical (unpaired) electrons. The maximum atomic E-state index is 12.2. The highest BCUT2D eigenvalue weighted by Crippen LogP contribution is 2.42. The summed E-state index contributed by atoms with van der Waals surface area (Å²) in [5.74, 6) is 0.745. The number of nitrogens with one attached hydrogen (secondary N) is 1. The standard InChI is InChI=1S/C23H36BNO2/c1-9-11-21(26)20-15-17-14-18(12-13-19(17)25-20)24(8)27-23(6,7)22(4,5)16(3)10-2/h12-16,25H,9-11H2,1-8H3. The zero-order valence-electron chi connectivity index (χ0n) is 18.4. The van der Waals surface area contributed by atoms with Gasteiger partial charge in [-0.1, -0.05) is 60.0 Å². The molecule has 1 atom stereocenters. The summed E-state index contributed by atoms with van der Waals surface area (Å²) in [4.78, 5) is 15.4. The van der Waals surface area contributed by atoms with Crippen molar-refractivity contribution in [2.24, 2.45) is 11.3 Å². The Balaban J connectivity index is 2.24. The van der Waals surface area contributed by atoms with Crippen LogP contribution in [0.3, 0.4) is 0 Å². The van der Waals surface area contributed by atoms with Crippen molar-refractivity contribution in [2.75, 3.05) is 0 Å². The Morgan fingerprint density at radius 3 is 2.44 bits per heavy atom. The number of fused-ring (bicyclic) bond motifs is 1. The van der Waals surface area contributed by atoms with Gasteiger partial charge < -0.3 is 9.64 Å². The van der Waals surface area contributed by atoms with Crippen molar-refractivity contribution in [2.45, 2.75) is 80.2 Å². The van der Waals surface area contributed by atoms with E-state index in [0.717, 1.165) is 29.2 Å². The quantitative estimate of drug-likeness (QED) is 0.445. The molecule has 1 heterocycles. The average Bonchev–Trinajstić information content (AvgIpc) is 3.03. The molecule has 148 valence electrons. The zero-order valence-corrected chi connectivity index (χ0v) is 18.4. The lowest BCUT2D eigenvalue weighted by molar-refractivity contribution is -0.0451. The molecule has 2 aromatic rings. The van der Waals surface area contributed by atoms with Crippen molar-refractivity contribution in [1.29, 1.82) is 0 Å². The van der Waals surface area contributed by atoms with Crippen LogP contribution in [-0.4, -0.2) is 23.3 Å². The van der Waals surface area contributed by atoms with E-state index in [1.165, 1.54) is 0 Å². The lowest BCUT2D eigenvalue weighted by atomic mass is 9.60. The summed E-state index contributed by atoms with van der Waals surface area (Å²) in [6.45, 7) is 17.7. The van der Waals surface area contributed by atoms with E-state index in [2.05, 4.69) is 71.5 Å². The van der Waals surface area contributed by atoms with Gasteiger partial charge in [0, 0.05) is 11.9 Å². The van der Waals surface area contributed by atoms with E-state index in [1.807, 2.05) is 13.0 Å². The van der Waals surface area contributed by atoms with E-state index >= 15 is 0 Å². The molecule has 2 rings (SSSR count). The van der Waals surface area contributed by atoms with Crippen LogP contribution in [0.15, 0.2) is 24.3 Å². The smallest absolute Gasteiger partial charge is 0.324 e. The van der Waals surface area contributed by atoms with Gasteiger partial charge in [-0.15, -0.1) is 0 Å². The summed E-state index contributed by atoms with van der Waals surface area (Å²) < 4.78 is 6.58. The molecule has 1 aromatic heterocycles. The monoisotopic (exact) mass is 369 g/mol. The van der Waals surface area contributed by atoms with Crippen LogP contribution in [0.5, 0.6) is 0 Å². The fraction of sp³-hybridized carbons (Fsp3) is 0.609. The van der Waals surface area contributed by atoms with Crippen LogP contribution < -0.4 is 5.46 Å². The third-order valence-electron chi connectivity index (χ3n) is 6.76. The number of Topliss-reactive ketones (excluding diaryl/α,β-unsaturated/α-hetero) is 1. The maximum absolute atomic E-state index is 12.2. The Labute approximate surface area is 165 Å². The van der Waals surface area contributed by atoms with E-state index in [1.54, 1.807) is 0 Å². The number of carbonyl (C=O) groups is 1. The molecular weight excluding hydrogens is 333 g/mol. The number of benzene rings is 1. The summed E-state index contributed by atoms with van der Waals surface area (Å²) in [6, 6.07) is 8.27. The number of hydrogen-bond acceptors (Lipinski definition) is 2. The highest BCUT2D eigenvalue weighted by atomic mass is 16.5. The number of carbonyl (C=O) groups excluding carboxylic acids is 1. The second-order valence-corrected chi connectivity index (χ2v) is 9.00. The molecule has 0 aliphatic rings. The van der Waals surface area contributed by atoms with Gasteiger partial charge in [-0.05, 0) is 54.6 Å². The zero-order chi connectivity index (χ0) is 20.4. The highest BCUT2D eigenvalue weighted by Gasteiger charge is 2.42. The second-order valence-electron chi connectivity index (χ2n) is 9.00. The number of rotatable bonds is 9. The van der Waals surface area contributed by atoms with Crippen LogP contribution in [0, 0.1) is 11.3 Å². The van der Waals surface area contributed by atoms with Crippen LogP contribution in [-0.2, 0) is 4.65 Å². The van der Waals surface area contributed by atoms with E-state index in [-0.39, 0.29) is 23.7 Å². The Kier molecular flexibility index (Phi) is 6.62. The molecule has 0 saturated heterocycles. The fourth-order valence-electron chi connectivity index (χ4n) is 3.68. The summed E-state index contributed by atoms with van der Waals surface area (Å²) in [6.07, 6.45) is 2.58. The van der Waals surface area contributed by atoms with E-state index < -0.39 is 0 Å². The molecule has 0 spiro atoms. The first-order chi connectivity index (χ1) is 12.5. The first-order valence-electron chi connectivity index (χ1n) is 10.4. The van der Waals surface area contributed by atoms with E-state index in [0.29, 0.717) is 18.0 Å².